The minimum absolute atomic E-state index is 0.00836. The number of hydrogen-bond acceptors (Lipinski definition) is 2. The molecule has 0 saturated heterocycles. The number of hydrogen-bond donors (Lipinski definition) is 2. The molecule has 3 rings (SSSR count). The van der Waals surface area contributed by atoms with Crippen molar-refractivity contribution in [1.82, 2.24) is 5.32 Å². The predicted molar refractivity (Wildman–Crippen MR) is 89.4 cm³/mol. The maximum atomic E-state index is 14.3. The Labute approximate surface area is 142 Å². The summed E-state index contributed by atoms with van der Waals surface area (Å²) >= 11 is 0. The molecule has 0 heterocycles. The largest absolute Gasteiger partial charge is 0.355 e. The number of carbonyl (C=O) groups excluding carboxylic acids is 1. The van der Waals surface area contributed by atoms with Gasteiger partial charge in [-0.3, -0.25) is 4.79 Å². The fourth-order valence-electron chi connectivity index (χ4n) is 4.62. The van der Waals surface area contributed by atoms with Gasteiger partial charge in [0, 0.05) is 23.4 Å². The van der Waals surface area contributed by atoms with E-state index in [2.05, 4.69) is 5.32 Å². The van der Waals surface area contributed by atoms with Gasteiger partial charge in [-0.05, 0) is 50.3 Å². The Morgan fingerprint density at radius 1 is 1.17 bits per heavy atom. The summed E-state index contributed by atoms with van der Waals surface area (Å²) in [7, 11) is 0. The van der Waals surface area contributed by atoms with Crippen molar-refractivity contribution < 1.29 is 13.6 Å². The van der Waals surface area contributed by atoms with E-state index >= 15 is 0 Å². The molecule has 2 aliphatic rings. The zero-order valence-electron chi connectivity index (χ0n) is 14.0. The Kier molecular flexibility index (Phi) is 5.18. The topological polar surface area (TPSA) is 55.1 Å². The first-order chi connectivity index (χ1) is 11.6. The van der Waals surface area contributed by atoms with Crippen LogP contribution in [0.5, 0.6) is 0 Å². The van der Waals surface area contributed by atoms with Gasteiger partial charge in [0.15, 0.2) is 0 Å². The number of nitrogens with one attached hydrogen (secondary N) is 1. The third kappa shape index (κ3) is 3.18. The third-order valence-electron chi connectivity index (χ3n) is 5.95. The van der Waals surface area contributed by atoms with Crippen LogP contribution < -0.4 is 11.1 Å². The lowest BCUT2D eigenvalue weighted by Crippen LogP contribution is -2.43. The van der Waals surface area contributed by atoms with Crippen LogP contribution in [0.3, 0.4) is 0 Å². The lowest BCUT2D eigenvalue weighted by atomic mass is 9.78. The minimum atomic E-state index is -0.623. The molecule has 2 fully saturated rings. The maximum absolute atomic E-state index is 14.3. The van der Waals surface area contributed by atoms with Crippen molar-refractivity contribution in [3.63, 3.8) is 0 Å². The Morgan fingerprint density at radius 2 is 1.83 bits per heavy atom. The van der Waals surface area contributed by atoms with Gasteiger partial charge in [-0.15, -0.1) is 0 Å². The van der Waals surface area contributed by atoms with Crippen LogP contribution >= 0.6 is 0 Å². The Balaban J connectivity index is 1.76. The maximum Gasteiger partial charge on any atom is 0.223 e. The fourth-order valence-corrected chi connectivity index (χ4v) is 4.62. The number of nitrogens with two attached hydrogens (primary N) is 1. The molecular weight excluding hydrogens is 310 g/mol. The van der Waals surface area contributed by atoms with E-state index in [4.69, 9.17) is 5.73 Å². The molecule has 3 N–H and O–H groups in total. The van der Waals surface area contributed by atoms with Crippen molar-refractivity contribution in [3.8, 4) is 0 Å². The summed E-state index contributed by atoms with van der Waals surface area (Å²) < 4.78 is 28.6. The summed E-state index contributed by atoms with van der Waals surface area (Å²) in [6.45, 7) is 0.822. The highest BCUT2D eigenvalue weighted by atomic mass is 19.1. The Bertz CT molecular complexity index is 579. The average Bonchev–Trinajstić information content (AvgIpc) is 3.22. The van der Waals surface area contributed by atoms with Crippen molar-refractivity contribution in [2.45, 2.75) is 50.4 Å². The third-order valence-corrected chi connectivity index (χ3v) is 5.95. The van der Waals surface area contributed by atoms with Gasteiger partial charge < -0.3 is 11.1 Å². The summed E-state index contributed by atoms with van der Waals surface area (Å²) in [5.74, 6) is -0.849. The first-order valence-corrected chi connectivity index (χ1v) is 9.00. The second-order valence-electron chi connectivity index (χ2n) is 7.34. The van der Waals surface area contributed by atoms with Gasteiger partial charge in [0.1, 0.15) is 11.6 Å². The van der Waals surface area contributed by atoms with Gasteiger partial charge in [0.2, 0.25) is 5.91 Å². The molecule has 0 radical (unpaired) electrons. The van der Waals surface area contributed by atoms with Crippen molar-refractivity contribution in [1.29, 1.82) is 0 Å². The number of halogens is 2. The Hall–Kier alpha value is -1.49. The zero-order chi connectivity index (χ0) is 17.2. The minimum Gasteiger partial charge on any atom is -0.355 e. The number of rotatable bonds is 5. The first kappa shape index (κ1) is 17.3. The first-order valence-electron chi connectivity index (χ1n) is 9.00. The number of benzene rings is 1. The van der Waals surface area contributed by atoms with Crippen LogP contribution in [0.2, 0.25) is 0 Å². The summed E-state index contributed by atoms with van der Waals surface area (Å²) in [6, 6.07) is 4.00. The van der Waals surface area contributed by atoms with Gasteiger partial charge in [-0.25, -0.2) is 8.78 Å². The van der Waals surface area contributed by atoms with Gasteiger partial charge in [-0.1, -0.05) is 25.3 Å². The van der Waals surface area contributed by atoms with E-state index in [9.17, 15) is 13.6 Å². The molecule has 2 saturated carbocycles. The van der Waals surface area contributed by atoms with Crippen LogP contribution in [0.25, 0.3) is 0 Å². The molecule has 1 aromatic rings. The number of amides is 1. The lowest BCUT2D eigenvalue weighted by Gasteiger charge is -2.31. The summed E-state index contributed by atoms with van der Waals surface area (Å²) in [5, 5.41) is 3.00. The molecule has 0 spiro atoms. The number of carbonyl (C=O) groups is 1. The van der Waals surface area contributed by atoms with E-state index in [1.807, 2.05) is 0 Å². The molecule has 2 atom stereocenters. The molecule has 0 bridgehead atoms. The molecule has 1 amide bonds. The van der Waals surface area contributed by atoms with E-state index in [-0.39, 0.29) is 23.3 Å². The second-order valence-corrected chi connectivity index (χ2v) is 7.34. The van der Waals surface area contributed by atoms with E-state index in [1.54, 1.807) is 0 Å². The van der Waals surface area contributed by atoms with E-state index < -0.39 is 17.0 Å². The van der Waals surface area contributed by atoms with Crippen LogP contribution in [0, 0.1) is 23.5 Å². The zero-order valence-corrected chi connectivity index (χ0v) is 14.0. The van der Waals surface area contributed by atoms with Gasteiger partial charge >= 0.3 is 0 Å². The quantitative estimate of drug-likeness (QED) is 0.867. The second kappa shape index (κ2) is 7.18. The van der Waals surface area contributed by atoms with E-state index in [0.29, 0.717) is 25.9 Å². The molecule has 132 valence electrons. The molecule has 3 nitrogen and oxygen atoms in total. The molecule has 2 aliphatic carbocycles. The van der Waals surface area contributed by atoms with Crippen molar-refractivity contribution in [3.05, 3.63) is 35.4 Å². The van der Waals surface area contributed by atoms with Crippen LogP contribution in [0.15, 0.2) is 18.2 Å². The Morgan fingerprint density at radius 3 is 2.46 bits per heavy atom. The molecule has 1 aromatic carbocycles. The van der Waals surface area contributed by atoms with Crippen molar-refractivity contribution in [2.75, 3.05) is 13.1 Å². The van der Waals surface area contributed by atoms with Crippen LogP contribution in [0.1, 0.15) is 50.5 Å². The van der Waals surface area contributed by atoms with E-state index in [1.165, 1.54) is 18.2 Å². The summed E-state index contributed by atoms with van der Waals surface area (Å²) in [4.78, 5) is 12.6. The monoisotopic (exact) mass is 336 g/mol. The molecule has 0 aromatic heterocycles. The highest BCUT2D eigenvalue weighted by molar-refractivity contribution is 5.79. The summed E-state index contributed by atoms with van der Waals surface area (Å²) in [5.41, 5.74) is 5.28. The SMILES string of the molecule is NC[C@H]1CCC[C@H]1C(=O)NCC1(c2c(F)cccc2F)CCCC1. The van der Waals surface area contributed by atoms with Crippen LogP contribution in [-0.2, 0) is 10.2 Å². The van der Waals surface area contributed by atoms with Gasteiger partial charge in [0.05, 0.1) is 0 Å². The van der Waals surface area contributed by atoms with Crippen molar-refractivity contribution in [2.24, 2.45) is 17.6 Å². The fraction of sp³-hybridized carbons (Fsp3) is 0.632. The predicted octanol–water partition coefficient (Wildman–Crippen LogP) is 3.27. The van der Waals surface area contributed by atoms with Crippen LogP contribution in [0.4, 0.5) is 8.78 Å². The van der Waals surface area contributed by atoms with Crippen LogP contribution in [-0.4, -0.2) is 19.0 Å². The molecular formula is C19H26F2N2O. The molecule has 0 aliphatic heterocycles. The van der Waals surface area contributed by atoms with E-state index in [0.717, 1.165) is 32.1 Å². The standard InChI is InChI=1S/C19H26F2N2O/c20-15-7-4-8-16(21)17(15)19(9-1-2-10-19)12-23-18(24)14-6-3-5-13(14)11-22/h4,7-8,13-14H,1-3,5-6,9-12,22H2,(H,23,24)/t13-,14-/m1/s1. The molecule has 5 heteroatoms. The van der Waals surface area contributed by atoms with Crippen molar-refractivity contribution >= 4 is 5.91 Å². The average molecular weight is 336 g/mol. The normalized spacial score (nSPS) is 25.8. The molecule has 24 heavy (non-hydrogen) atoms. The van der Waals surface area contributed by atoms with Gasteiger partial charge in [0.25, 0.3) is 0 Å². The smallest absolute Gasteiger partial charge is 0.223 e. The lowest BCUT2D eigenvalue weighted by molar-refractivity contribution is -0.126. The summed E-state index contributed by atoms with van der Waals surface area (Å²) in [6.07, 6.45) is 6.13. The molecule has 0 unspecified atom stereocenters. The highest BCUT2D eigenvalue weighted by Crippen LogP contribution is 2.43. The highest BCUT2D eigenvalue weighted by Gasteiger charge is 2.41. The van der Waals surface area contributed by atoms with Gasteiger partial charge in [-0.2, -0.15) is 0 Å².